The van der Waals surface area contributed by atoms with E-state index in [9.17, 15) is 4.79 Å². The van der Waals surface area contributed by atoms with Gasteiger partial charge in [0, 0.05) is 19.1 Å². The molecule has 2 aliphatic rings. The molecule has 4 nitrogen and oxygen atoms in total. The van der Waals surface area contributed by atoms with Crippen LogP contribution in [0.2, 0.25) is 0 Å². The van der Waals surface area contributed by atoms with Crippen molar-refractivity contribution >= 4 is 5.91 Å². The first-order valence-corrected chi connectivity index (χ1v) is 9.43. The number of benzene rings is 1. The fraction of sp³-hybridized carbons (Fsp3) is 0.650. The highest BCUT2D eigenvalue weighted by Crippen LogP contribution is 2.27. The van der Waals surface area contributed by atoms with Crippen LogP contribution in [0, 0.1) is 5.92 Å². The highest BCUT2D eigenvalue weighted by molar-refractivity contribution is 5.96. The van der Waals surface area contributed by atoms with E-state index in [4.69, 9.17) is 4.74 Å². The van der Waals surface area contributed by atoms with Crippen LogP contribution in [-0.2, 0) is 0 Å². The zero-order chi connectivity index (χ0) is 16.8. The van der Waals surface area contributed by atoms with Crippen molar-refractivity contribution in [3.05, 3.63) is 29.8 Å². The van der Waals surface area contributed by atoms with E-state index in [0.29, 0.717) is 17.2 Å². The monoisotopic (exact) mass is 330 g/mol. The van der Waals surface area contributed by atoms with E-state index in [2.05, 4.69) is 10.2 Å². The second kappa shape index (κ2) is 8.52. The van der Waals surface area contributed by atoms with E-state index in [-0.39, 0.29) is 5.91 Å². The Bertz CT molecular complexity index is 538. The van der Waals surface area contributed by atoms with Crippen LogP contribution in [0.4, 0.5) is 0 Å². The Kier molecular flexibility index (Phi) is 6.13. The van der Waals surface area contributed by atoms with E-state index >= 15 is 0 Å². The first-order valence-electron chi connectivity index (χ1n) is 9.43. The van der Waals surface area contributed by atoms with Crippen molar-refractivity contribution in [3.63, 3.8) is 0 Å². The summed E-state index contributed by atoms with van der Waals surface area (Å²) >= 11 is 0. The van der Waals surface area contributed by atoms with E-state index in [1.807, 2.05) is 24.3 Å². The van der Waals surface area contributed by atoms with Crippen LogP contribution in [-0.4, -0.2) is 43.6 Å². The molecular formula is C20H30N2O2. The van der Waals surface area contributed by atoms with Gasteiger partial charge < -0.3 is 15.0 Å². The molecule has 4 heteroatoms. The zero-order valence-corrected chi connectivity index (χ0v) is 14.8. The molecule has 1 N–H and O–H groups in total. The van der Waals surface area contributed by atoms with Crippen LogP contribution < -0.4 is 10.1 Å². The van der Waals surface area contributed by atoms with Gasteiger partial charge in [0.2, 0.25) is 0 Å². The summed E-state index contributed by atoms with van der Waals surface area (Å²) in [6, 6.07) is 8.19. The van der Waals surface area contributed by atoms with Crippen molar-refractivity contribution in [1.82, 2.24) is 10.2 Å². The van der Waals surface area contributed by atoms with E-state index in [1.54, 1.807) is 7.11 Å². The van der Waals surface area contributed by atoms with Gasteiger partial charge in [-0.25, -0.2) is 0 Å². The number of ether oxygens (including phenoxy) is 1. The van der Waals surface area contributed by atoms with Gasteiger partial charge in [0.05, 0.1) is 12.7 Å². The van der Waals surface area contributed by atoms with E-state index < -0.39 is 0 Å². The topological polar surface area (TPSA) is 41.6 Å². The molecule has 3 rings (SSSR count). The Labute approximate surface area is 145 Å². The first kappa shape index (κ1) is 17.3. The molecular weight excluding hydrogens is 300 g/mol. The summed E-state index contributed by atoms with van der Waals surface area (Å²) in [4.78, 5) is 15.1. The molecule has 24 heavy (non-hydrogen) atoms. The first-order chi connectivity index (χ1) is 11.8. The van der Waals surface area contributed by atoms with Gasteiger partial charge >= 0.3 is 0 Å². The summed E-state index contributed by atoms with van der Waals surface area (Å²) in [5, 5.41) is 3.11. The summed E-state index contributed by atoms with van der Waals surface area (Å²) in [5.74, 6) is 1.19. The molecule has 1 saturated carbocycles. The van der Waals surface area contributed by atoms with Crippen LogP contribution in [0.3, 0.4) is 0 Å². The molecule has 0 spiro atoms. The fourth-order valence-corrected chi connectivity index (χ4v) is 4.15. The third-order valence-corrected chi connectivity index (χ3v) is 5.56. The Morgan fingerprint density at radius 1 is 1.17 bits per heavy atom. The van der Waals surface area contributed by atoms with Gasteiger partial charge in [-0.15, -0.1) is 0 Å². The maximum atomic E-state index is 12.4. The normalized spacial score (nSPS) is 23.0. The maximum Gasteiger partial charge on any atom is 0.255 e. The molecule has 1 aromatic rings. The SMILES string of the molecule is COc1ccccc1C(=O)NC[C@@H]1CCN(C2CCCCCC2)C1. The summed E-state index contributed by atoms with van der Waals surface area (Å²) in [6.45, 7) is 3.09. The number of rotatable bonds is 5. The number of nitrogens with zero attached hydrogens (tertiary/aromatic N) is 1. The summed E-state index contributed by atoms with van der Waals surface area (Å²) < 4.78 is 5.28. The van der Waals surface area contributed by atoms with Crippen molar-refractivity contribution in [3.8, 4) is 5.75 Å². The van der Waals surface area contributed by atoms with Gasteiger partial charge in [0.15, 0.2) is 0 Å². The second-order valence-corrected chi connectivity index (χ2v) is 7.21. The van der Waals surface area contributed by atoms with Crippen LogP contribution in [0.1, 0.15) is 55.3 Å². The molecule has 2 fully saturated rings. The Morgan fingerprint density at radius 3 is 2.67 bits per heavy atom. The van der Waals surface area contributed by atoms with Crippen molar-refractivity contribution in [2.45, 2.75) is 51.0 Å². The predicted octanol–water partition coefficient (Wildman–Crippen LogP) is 3.47. The number of hydrogen-bond acceptors (Lipinski definition) is 3. The molecule has 1 aliphatic heterocycles. The van der Waals surface area contributed by atoms with Gasteiger partial charge in [-0.05, 0) is 43.9 Å². The van der Waals surface area contributed by atoms with Gasteiger partial charge in [0.1, 0.15) is 5.75 Å². The minimum absolute atomic E-state index is 0.0274. The van der Waals surface area contributed by atoms with Crippen molar-refractivity contribution in [1.29, 1.82) is 0 Å². The zero-order valence-electron chi connectivity index (χ0n) is 14.8. The number of likely N-dealkylation sites (tertiary alicyclic amines) is 1. The average Bonchev–Trinajstić information content (AvgIpc) is 2.93. The molecule has 1 aliphatic carbocycles. The van der Waals surface area contributed by atoms with Crippen LogP contribution in [0.15, 0.2) is 24.3 Å². The predicted molar refractivity (Wildman–Crippen MR) is 96.5 cm³/mol. The van der Waals surface area contributed by atoms with Gasteiger partial charge in [0.25, 0.3) is 5.91 Å². The highest BCUT2D eigenvalue weighted by atomic mass is 16.5. The Morgan fingerprint density at radius 2 is 1.92 bits per heavy atom. The van der Waals surface area contributed by atoms with Gasteiger partial charge in [-0.2, -0.15) is 0 Å². The number of hydrogen-bond donors (Lipinski definition) is 1. The van der Waals surface area contributed by atoms with Gasteiger partial charge in [-0.1, -0.05) is 37.8 Å². The lowest BCUT2D eigenvalue weighted by Gasteiger charge is -2.26. The number of carbonyl (C=O) groups is 1. The molecule has 1 aromatic carbocycles. The molecule has 132 valence electrons. The molecule has 0 radical (unpaired) electrons. The second-order valence-electron chi connectivity index (χ2n) is 7.21. The van der Waals surface area contributed by atoms with Crippen LogP contribution in [0.25, 0.3) is 0 Å². The van der Waals surface area contributed by atoms with Crippen molar-refractivity contribution in [2.75, 3.05) is 26.7 Å². The highest BCUT2D eigenvalue weighted by Gasteiger charge is 2.28. The van der Waals surface area contributed by atoms with Crippen LogP contribution in [0.5, 0.6) is 5.75 Å². The number of para-hydroxylation sites is 1. The third kappa shape index (κ3) is 4.29. The average molecular weight is 330 g/mol. The molecule has 1 amide bonds. The molecule has 0 bridgehead atoms. The number of methoxy groups -OCH3 is 1. The lowest BCUT2D eigenvalue weighted by Crippen LogP contribution is -2.35. The maximum absolute atomic E-state index is 12.4. The van der Waals surface area contributed by atoms with Crippen molar-refractivity contribution < 1.29 is 9.53 Å². The molecule has 0 unspecified atom stereocenters. The lowest BCUT2D eigenvalue weighted by molar-refractivity contribution is 0.0943. The minimum atomic E-state index is -0.0274. The van der Waals surface area contributed by atoms with E-state index in [0.717, 1.165) is 19.1 Å². The minimum Gasteiger partial charge on any atom is -0.496 e. The summed E-state index contributed by atoms with van der Waals surface area (Å²) in [5.41, 5.74) is 0.624. The third-order valence-electron chi connectivity index (χ3n) is 5.56. The smallest absolute Gasteiger partial charge is 0.255 e. The molecule has 1 heterocycles. The van der Waals surface area contributed by atoms with Gasteiger partial charge in [-0.3, -0.25) is 4.79 Å². The summed E-state index contributed by atoms with van der Waals surface area (Å²) in [7, 11) is 1.60. The van der Waals surface area contributed by atoms with E-state index in [1.165, 1.54) is 51.5 Å². The number of nitrogens with one attached hydrogen (secondary N) is 1. The fourth-order valence-electron chi connectivity index (χ4n) is 4.15. The standard InChI is InChI=1S/C20H30N2O2/c1-24-19-11-7-6-10-18(19)20(23)21-14-16-12-13-22(15-16)17-8-4-2-3-5-9-17/h6-7,10-11,16-17H,2-5,8-9,12-15H2,1H3,(H,21,23)/t16-/m0/s1. The molecule has 0 aromatic heterocycles. The van der Waals surface area contributed by atoms with Crippen molar-refractivity contribution in [2.24, 2.45) is 5.92 Å². The van der Waals surface area contributed by atoms with Crippen LogP contribution >= 0.6 is 0 Å². The number of amides is 1. The molecule has 1 saturated heterocycles. The summed E-state index contributed by atoms with van der Waals surface area (Å²) in [6.07, 6.45) is 9.50. The Balaban J connectivity index is 1.48. The Hall–Kier alpha value is -1.55. The lowest BCUT2D eigenvalue weighted by atomic mass is 10.1. The number of carbonyl (C=O) groups excluding carboxylic acids is 1. The molecule has 1 atom stereocenters. The quantitative estimate of drug-likeness (QED) is 0.841. The largest absolute Gasteiger partial charge is 0.496 e.